The highest BCUT2D eigenvalue weighted by Gasteiger charge is 2.08. The van der Waals surface area contributed by atoms with Crippen molar-refractivity contribution in [3.63, 3.8) is 0 Å². The van der Waals surface area contributed by atoms with Crippen LogP contribution in [0.4, 0.5) is 5.69 Å². The zero-order chi connectivity index (χ0) is 13.8. The molecule has 2 rings (SSSR count). The van der Waals surface area contributed by atoms with Crippen LogP contribution in [0.1, 0.15) is 5.69 Å². The lowest BCUT2D eigenvalue weighted by Crippen LogP contribution is -2.19. The minimum Gasteiger partial charge on any atom is -0.325 e. The van der Waals surface area contributed by atoms with Gasteiger partial charge in [0, 0.05) is 15.5 Å². The van der Waals surface area contributed by atoms with Crippen LogP contribution in [0.5, 0.6) is 0 Å². The number of anilines is 1. The van der Waals surface area contributed by atoms with Gasteiger partial charge in [0.15, 0.2) is 0 Å². The SMILES string of the molecule is NCc1cn(CC(=O)Nc2ccc(Br)cc2Br)nn1. The molecule has 8 heteroatoms. The lowest BCUT2D eigenvalue weighted by molar-refractivity contribution is -0.116. The van der Waals surface area contributed by atoms with Gasteiger partial charge in [0.05, 0.1) is 17.6 Å². The molecule has 1 amide bonds. The van der Waals surface area contributed by atoms with Crippen molar-refractivity contribution in [2.24, 2.45) is 5.73 Å². The predicted octanol–water partition coefficient (Wildman–Crippen LogP) is 1.90. The van der Waals surface area contributed by atoms with Gasteiger partial charge in [0.1, 0.15) is 6.54 Å². The maximum absolute atomic E-state index is 11.9. The third-order valence-electron chi connectivity index (χ3n) is 2.31. The number of halogens is 2. The molecule has 0 bridgehead atoms. The van der Waals surface area contributed by atoms with Crippen LogP contribution in [0.2, 0.25) is 0 Å². The van der Waals surface area contributed by atoms with E-state index in [-0.39, 0.29) is 12.5 Å². The first-order valence-corrected chi connectivity index (χ1v) is 7.01. The Morgan fingerprint density at radius 3 is 2.84 bits per heavy atom. The zero-order valence-electron chi connectivity index (χ0n) is 9.81. The summed E-state index contributed by atoms with van der Waals surface area (Å²) in [5, 5.41) is 10.4. The normalized spacial score (nSPS) is 10.5. The third-order valence-corrected chi connectivity index (χ3v) is 3.46. The lowest BCUT2D eigenvalue weighted by atomic mass is 10.3. The highest BCUT2D eigenvalue weighted by Crippen LogP contribution is 2.26. The van der Waals surface area contributed by atoms with Crippen LogP contribution in [-0.2, 0) is 17.9 Å². The van der Waals surface area contributed by atoms with Crippen molar-refractivity contribution in [2.45, 2.75) is 13.1 Å². The van der Waals surface area contributed by atoms with Crippen LogP contribution in [0.3, 0.4) is 0 Å². The molecule has 1 heterocycles. The molecule has 0 aliphatic carbocycles. The second-order valence-electron chi connectivity index (χ2n) is 3.78. The van der Waals surface area contributed by atoms with E-state index in [0.717, 1.165) is 8.95 Å². The maximum atomic E-state index is 11.9. The average molecular weight is 389 g/mol. The summed E-state index contributed by atoms with van der Waals surface area (Å²) in [5.41, 5.74) is 6.78. The number of rotatable bonds is 4. The van der Waals surface area contributed by atoms with Gasteiger partial charge in [-0.25, -0.2) is 4.68 Å². The van der Waals surface area contributed by atoms with E-state index in [1.54, 1.807) is 12.3 Å². The van der Waals surface area contributed by atoms with Gasteiger partial charge in [-0.1, -0.05) is 21.1 Å². The largest absolute Gasteiger partial charge is 0.325 e. The Hall–Kier alpha value is -1.25. The molecule has 1 aromatic carbocycles. The smallest absolute Gasteiger partial charge is 0.246 e. The summed E-state index contributed by atoms with van der Waals surface area (Å²) in [6, 6.07) is 5.51. The first-order chi connectivity index (χ1) is 9.08. The molecule has 0 radical (unpaired) electrons. The number of benzene rings is 1. The van der Waals surface area contributed by atoms with Crippen molar-refractivity contribution in [1.82, 2.24) is 15.0 Å². The lowest BCUT2D eigenvalue weighted by Gasteiger charge is -2.07. The van der Waals surface area contributed by atoms with Gasteiger partial charge < -0.3 is 11.1 Å². The van der Waals surface area contributed by atoms with Gasteiger partial charge in [-0.05, 0) is 34.1 Å². The quantitative estimate of drug-likeness (QED) is 0.837. The van der Waals surface area contributed by atoms with Gasteiger partial charge in [0.25, 0.3) is 0 Å². The highest BCUT2D eigenvalue weighted by molar-refractivity contribution is 9.11. The number of amides is 1. The number of carbonyl (C=O) groups is 1. The molecule has 3 N–H and O–H groups in total. The summed E-state index contributed by atoms with van der Waals surface area (Å²) in [6.07, 6.45) is 1.65. The summed E-state index contributed by atoms with van der Waals surface area (Å²) in [7, 11) is 0. The molecule has 0 atom stereocenters. The number of nitrogens with one attached hydrogen (secondary N) is 1. The molecular weight excluding hydrogens is 378 g/mol. The minimum atomic E-state index is -0.184. The molecule has 6 nitrogen and oxygen atoms in total. The number of carbonyl (C=O) groups excluding carboxylic acids is 1. The topological polar surface area (TPSA) is 85.8 Å². The van der Waals surface area contributed by atoms with Crippen LogP contribution in [0, 0.1) is 0 Å². The third kappa shape index (κ3) is 3.85. The van der Waals surface area contributed by atoms with Gasteiger partial charge in [-0.3, -0.25) is 4.79 Å². The molecule has 0 aliphatic heterocycles. The Bertz CT molecular complexity index is 599. The second-order valence-corrected chi connectivity index (χ2v) is 5.55. The van der Waals surface area contributed by atoms with E-state index in [2.05, 4.69) is 47.5 Å². The zero-order valence-corrected chi connectivity index (χ0v) is 13.0. The van der Waals surface area contributed by atoms with E-state index in [9.17, 15) is 4.79 Å². The van der Waals surface area contributed by atoms with Crippen LogP contribution in [0.15, 0.2) is 33.3 Å². The van der Waals surface area contributed by atoms with Crippen LogP contribution >= 0.6 is 31.9 Å². The Morgan fingerprint density at radius 2 is 2.21 bits per heavy atom. The summed E-state index contributed by atoms with van der Waals surface area (Å²) >= 11 is 6.73. The Labute approximate surface area is 126 Å². The molecule has 0 spiro atoms. The number of hydrogen-bond donors (Lipinski definition) is 2. The fourth-order valence-corrected chi connectivity index (χ4v) is 2.58. The van der Waals surface area contributed by atoms with Crippen LogP contribution in [-0.4, -0.2) is 20.9 Å². The van der Waals surface area contributed by atoms with E-state index in [0.29, 0.717) is 17.9 Å². The van der Waals surface area contributed by atoms with Crippen molar-refractivity contribution in [3.05, 3.63) is 39.0 Å². The minimum absolute atomic E-state index is 0.0928. The molecule has 2 aromatic rings. The molecule has 0 aliphatic rings. The van der Waals surface area contributed by atoms with E-state index in [1.807, 2.05) is 12.1 Å². The Balaban J connectivity index is 2.01. The van der Waals surface area contributed by atoms with Crippen LogP contribution in [0.25, 0.3) is 0 Å². The molecule has 1 aromatic heterocycles. The molecule has 0 fully saturated rings. The fourth-order valence-electron chi connectivity index (χ4n) is 1.44. The molecular formula is C11H11Br2N5O. The van der Waals surface area contributed by atoms with Crippen LogP contribution < -0.4 is 11.1 Å². The molecule has 0 saturated heterocycles. The molecule has 19 heavy (non-hydrogen) atoms. The number of nitrogens with two attached hydrogens (primary N) is 1. The number of hydrogen-bond acceptors (Lipinski definition) is 4. The van der Waals surface area contributed by atoms with Gasteiger partial charge >= 0.3 is 0 Å². The maximum Gasteiger partial charge on any atom is 0.246 e. The number of nitrogens with zero attached hydrogens (tertiary/aromatic N) is 3. The predicted molar refractivity (Wildman–Crippen MR) is 78.4 cm³/mol. The summed E-state index contributed by atoms with van der Waals surface area (Å²) in [4.78, 5) is 11.9. The van der Waals surface area contributed by atoms with E-state index in [4.69, 9.17) is 5.73 Å². The fraction of sp³-hybridized carbons (Fsp3) is 0.182. The Morgan fingerprint density at radius 1 is 1.42 bits per heavy atom. The van der Waals surface area contributed by atoms with Gasteiger partial charge in [-0.2, -0.15) is 0 Å². The first-order valence-electron chi connectivity index (χ1n) is 5.42. The highest BCUT2D eigenvalue weighted by atomic mass is 79.9. The number of aromatic nitrogens is 3. The van der Waals surface area contributed by atoms with Gasteiger partial charge in [-0.15, -0.1) is 5.10 Å². The van der Waals surface area contributed by atoms with E-state index in [1.165, 1.54) is 4.68 Å². The van der Waals surface area contributed by atoms with Crippen molar-refractivity contribution in [3.8, 4) is 0 Å². The monoisotopic (exact) mass is 387 g/mol. The van der Waals surface area contributed by atoms with Crippen molar-refractivity contribution < 1.29 is 4.79 Å². The van der Waals surface area contributed by atoms with Crippen molar-refractivity contribution >= 4 is 43.5 Å². The van der Waals surface area contributed by atoms with Gasteiger partial charge in [0.2, 0.25) is 5.91 Å². The standard InChI is InChI=1S/C11H11Br2N5O/c12-7-1-2-10(9(13)3-7)15-11(19)6-18-5-8(4-14)16-17-18/h1-3,5H,4,6,14H2,(H,15,19). The summed E-state index contributed by atoms with van der Waals surface area (Å²) < 4.78 is 3.18. The average Bonchev–Trinajstić information content (AvgIpc) is 2.80. The van der Waals surface area contributed by atoms with E-state index >= 15 is 0 Å². The molecule has 100 valence electrons. The summed E-state index contributed by atoms with van der Waals surface area (Å²) in [5.74, 6) is -0.184. The first kappa shape index (κ1) is 14.2. The molecule has 0 unspecified atom stereocenters. The summed E-state index contributed by atoms with van der Waals surface area (Å²) in [6.45, 7) is 0.398. The van der Waals surface area contributed by atoms with E-state index < -0.39 is 0 Å². The molecule has 0 saturated carbocycles. The Kier molecular flexibility index (Phi) is 4.67. The van der Waals surface area contributed by atoms with Crippen molar-refractivity contribution in [1.29, 1.82) is 0 Å². The second kappa shape index (κ2) is 6.27. The van der Waals surface area contributed by atoms with Crippen molar-refractivity contribution in [2.75, 3.05) is 5.32 Å².